The maximum atomic E-state index is 12.2. The van der Waals surface area contributed by atoms with Gasteiger partial charge in [-0.1, -0.05) is 6.07 Å². The molecule has 25 heavy (non-hydrogen) atoms. The van der Waals surface area contributed by atoms with Gasteiger partial charge >= 0.3 is 0 Å². The van der Waals surface area contributed by atoms with Gasteiger partial charge in [-0.25, -0.2) is 0 Å². The molecule has 1 saturated heterocycles. The van der Waals surface area contributed by atoms with E-state index in [1.165, 1.54) is 6.26 Å². The molecule has 3 rings (SSSR count). The van der Waals surface area contributed by atoms with Gasteiger partial charge < -0.3 is 25.1 Å². The van der Waals surface area contributed by atoms with Crippen LogP contribution < -0.4 is 15.8 Å². The van der Waals surface area contributed by atoms with Gasteiger partial charge in [-0.2, -0.15) is 0 Å². The van der Waals surface area contributed by atoms with Crippen molar-refractivity contribution >= 4 is 17.5 Å². The zero-order chi connectivity index (χ0) is 17.6. The van der Waals surface area contributed by atoms with Gasteiger partial charge in [-0.05, 0) is 37.1 Å². The molecule has 0 radical (unpaired) electrons. The molecule has 0 saturated carbocycles. The molecule has 0 bridgehead atoms. The SMILES string of the molecule is NC1CCCN(C(=O)COc2cccc(NC(=O)c3ccco3)c2)C1. The Morgan fingerprint density at radius 2 is 2.20 bits per heavy atom. The molecule has 1 unspecified atom stereocenters. The number of rotatable bonds is 5. The third kappa shape index (κ3) is 4.60. The summed E-state index contributed by atoms with van der Waals surface area (Å²) < 4.78 is 10.6. The zero-order valence-electron chi connectivity index (χ0n) is 13.8. The molecule has 0 spiro atoms. The molecule has 1 aromatic heterocycles. The summed E-state index contributed by atoms with van der Waals surface area (Å²) in [5.74, 6) is 0.301. The second kappa shape index (κ2) is 7.85. The van der Waals surface area contributed by atoms with E-state index in [0.29, 0.717) is 18.0 Å². The number of amides is 2. The van der Waals surface area contributed by atoms with E-state index in [0.717, 1.165) is 19.4 Å². The first kappa shape index (κ1) is 17.0. The van der Waals surface area contributed by atoms with Crippen LogP contribution in [0.15, 0.2) is 47.1 Å². The number of carbonyl (C=O) groups excluding carboxylic acids is 2. The van der Waals surface area contributed by atoms with Gasteiger partial charge in [0.2, 0.25) is 0 Å². The van der Waals surface area contributed by atoms with Gasteiger partial charge in [0.15, 0.2) is 12.4 Å². The van der Waals surface area contributed by atoms with E-state index in [9.17, 15) is 9.59 Å². The molecule has 1 atom stereocenters. The molecule has 2 amide bonds. The van der Waals surface area contributed by atoms with Gasteiger partial charge in [-0.3, -0.25) is 9.59 Å². The lowest BCUT2D eigenvalue weighted by atomic mass is 10.1. The minimum absolute atomic E-state index is 0.0397. The monoisotopic (exact) mass is 343 g/mol. The topological polar surface area (TPSA) is 97.8 Å². The summed E-state index contributed by atoms with van der Waals surface area (Å²) in [5, 5.41) is 2.72. The quantitative estimate of drug-likeness (QED) is 0.863. The first-order valence-electron chi connectivity index (χ1n) is 8.23. The Morgan fingerprint density at radius 3 is 2.96 bits per heavy atom. The molecule has 132 valence electrons. The third-order valence-corrected chi connectivity index (χ3v) is 4.01. The zero-order valence-corrected chi connectivity index (χ0v) is 13.8. The Labute approximate surface area is 145 Å². The Bertz CT molecular complexity index is 730. The van der Waals surface area contributed by atoms with Gasteiger partial charge in [0.1, 0.15) is 5.75 Å². The molecule has 2 aromatic rings. The number of furan rings is 1. The highest BCUT2D eigenvalue weighted by atomic mass is 16.5. The number of piperidine rings is 1. The summed E-state index contributed by atoms with van der Waals surface area (Å²) >= 11 is 0. The van der Waals surface area contributed by atoms with Gasteiger partial charge in [-0.15, -0.1) is 0 Å². The van der Waals surface area contributed by atoms with Crippen molar-refractivity contribution in [2.24, 2.45) is 5.73 Å². The molecule has 3 N–H and O–H groups in total. The van der Waals surface area contributed by atoms with E-state index in [2.05, 4.69) is 5.32 Å². The molecule has 1 aromatic carbocycles. The lowest BCUT2D eigenvalue weighted by molar-refractivity contribution is -0.134. The maximum Gasteiger partial charge on any atom is 0.291 e. The lowest BCUT2D eigenvalue weighted by Gasteiger charge is -2.30. The summed E-state index contributed by atoms with van der Waals surface area (Å²) in [6.45, 7) is 1.23. The predicted octanol–water partition coefficient (Wildman–Crippen LogP) is 1.86. The summed E-state index contributed by atoms with van der Waals surface area (Å²) in [7, 11) is 0. The molecular weight excluding hydrogens is 322 g/mol. The number of ether oxygens (including phenoxy) is 1. The van der Waals surface area contributed by atoms with Crippen LogP contribution in [0.1, 0.15) is 23.4 Å². The van der Waals surface area contributed by atoms with Crippen molar-refractivity contribution in [2.45, 2.75) is 18.9 Å². The van der Waals surface area contributed by atoms with E-state index in [4.69, 9.17) is 14.9 Å². The molecule has 1 aliphatic heterocycles. The van der Waals surface area contributed by atoms with Crippen LogP contribution in [0.5, 0.6) is 5.75 Å². The van der Waals surface area contributed by atoms with E-state index < -0.39 is 0 Å². The highest BCUT2D eigenvalue weighted by Gasteiger charge is 2.21. The molecule has 2 heterocycles. The van der Waals surface area contributed by atoms with Crippen molar-refractivity contribution in [2.75, 3.05) is 25.0 Å². The Morgan fingerprint density at radius 1 is 1.32 bits per heavy atom. The van der Waals surface area contributed by atoms with Crippen molar-refractivity contribution in [3.8, 4) is 5.75 Å². The predicted molar refractivity (Wildman–Crippen MR) is 92.4 cm³/mol. The molecule has 0 aliphatic carbocycles. The number of hydrogen-bond acceptors (Lipinski definition) is 5. The first-order valence-corrected chi connectivity index (χ1v) is 8.23. The highest BCUT2D eigenvalue weighted by molar-refractivity contribution is 6.02. The average Bonchev–Trinajstić information content (AvgIpc) is 3.15. The van der Waals surface area contributed by atoms with Crippen molar-refractivity contribution < 1.29 is 18.7 Å². The summed E-state index contributed by atoms with van der Waals surface area (Å²) in [6, 6.07) is 10.1. The molecule has 7 heteroatoms. The van der Waals surface area contributed by atoms with Crippen LogP contribution >= 0.6 is 0 Å². The number of nitrogens with zero attached hydrogens (tertiary/aromatic N) is 1. The van der Waals surface area contributed by atoms with Crippen LogP contribution in [0, 0.1) is 0 Å². The highest BCUT2D eigenvalue weighted by Crippen LogP contribution is 2.18. The molecule has 1 fully saturated rings. The molecular formula is C18H21N3O4. The van der Waals surface area contributed by atoms with Crippen molar-refractivity contribution in [1.29, 1.82) is 0 Å². The van der Waals surface area contributed by atoms with E-state index in [1.54, 1.807) is 41.3 Å². The second-order valence-corrected chi connectivity index (χ2v) is 5.99. The summed E-state index contributed by atoms with van der Waals surface area (Å²) in [4.78, 5) is 25.9. The minimum atomic E-state index is -0.347. The first-order chi connectivity index (χ1) is 12.1. The smallest absolute Gasteiger partial charge is 0.291 e. The van der Waals surface area contributed by atoms with Crippen molar-refractivity contribution in [3.63, 3.8) is 0 Å². The van der Waals surface area contributed by atoms with Crippen molar-refractivity contribution in [3.05, 3.63) is 48.4 Å². The third-order valence-electron chi connectivity index (χ3n) is 4.01. The molecule has 1 aliphatic rings. The number of likely N-dealkylation sites (tertiary alicyclic amines) is 1. The normalized spacial score (nSPS) is 17.2. The fraction of sp³-hybridized carbons (Fsp3) is 0.333. The minimum Gasteiger partial charge on any atom is -0.484 e. The fourth-order valence-electron chi connectivity index (χ4n) is 2.74. The van der Waals surface area contributed by atoms with E-state index in [1.807, 2.05) is 0 Å². The standard InChI is InChI=1S/C18H21N3O4/c19-13-4-2-8-21(11-13)17(22)12-25-15-6-1-5-14(10-15)20-18(23)16-7-3-9-24-16/h1,3,5-7,9-10,13H,2,4,8,11-12,19H2,(H,20,23). The van der Waals surface area contributed by atoms with Crippen molar-refractivity contribution in [1.82, 2.24) is 4.90 Å². The lowest BCUT2D eigenvalue weighted by Crippen LogP contribution is -2.47. The van der Waals surface area contributed by atoms with E-state index >= 15 is 0 Å². The number of nitrogens with one attached hydrogen (secondary N) is 1. The van der Waals surface area contributed by atoms with Crippen LogP contribution in [0.25, 0.3) is 0 Å². The summed E-state index contributed by atoms with van der Waals surface area (Å²) in [5.41, 5.74) is 6.46. The van der Waals surface area contributed by atoms with Gasteiger partial charge in [0.05, 0.1) is 6.26 Å². The number of nitrogens with two attached hydrogens (primary N) is 1. The number of anilines is 1. The Kier molecular flexibility index (Phi) is 5.35. The summed E-state index contributed by atoms with van der Waals surface area (Å²) in [6.07, 6.45) is 3.30. The van der Waals surface area contributed by atoms with Crippen LogP contribution in [0.2, 0.25) is 0 Å². The van der Waals surface area contributed by atoms with Gasteiger partial charge in [0, 0.05) is 30.9 Å². The second-order valence-electron chi connectivity index (χ2n) is 5.99. The largest absolute Gasteiger partial charge is 0.484 e. The van der Waals surface area contributed by atoms with Crippen LogP contribution in [-0.2, 0) is 4.79 Å². The fourth-order valence-corrected chi connectivity index (χ4v) is 2.74. The Balaban J connectivity index is 1.54. The maximum absolute atomic E-state index is 12.2. The Hall–Kier alpha value is -2.80. The van der Waals surface area contributed by atoms with E-state index in [-0.39, 0.29) is 30.2 Å². The van der Waals surface area contributed by atoms with Crippen LogP contribution in [-0.4, -0.2) is 42.5 Å². The number of carbonyl (C=O) groups is 2. The van der Waals surface area contributed by atoms with Crippen LogP contribution in [0.4, 0.5) is 5.69 Å². The average molecular weight is 343 g/mol. The number of benzene rings is 1. The van der Waals surface area contributed by atoms with Crippen LogP contribution in [0.3, 0.4) is 0 Å². The molecule has 7 nitrogen and oxygen atoms in total. The van der Waals surface area contributed by atoms with Gasteiger partial charge in [0.25, 0.3) is 11.8 Å². The number of hydrogen-bond donors (Lipinski definition) is 2.